The van der Waals surface area contributed by atoms with Crippen LogP contribution in [0.1, 0.15) is 43.4 Å². The van der Waals surface area contributed by atoms with Crippen LogP contribution < -0.4 is 5.32 Å². The van der Waals surface area contributed by atoms with Gasteiger partial charge in [-0.15, -0.1) is 11.8 Å². The van der Waals surface area contributed by atoms with Crippen molar-refractivity contribution in [2.45, 2.75) is 52.0 Å². The van der Waals surface area contributed by atoms with Crippen LogP contribution in [0.5, 0.6) is 0 Å². The lowest BCUT2D eigenvalue weighted by Gasteiger charge is -2.29. The number of amides is 2. The van der Waals surface area contributed by atoms with Crippen molar-refractivity contribution in [3.63, 3.8) is 0 Å². The standard InChI is InChI=1S/C24H31ClN2O2S/c1-4-5-12-26-24(29)19(3)27(15-20-9-7-11-22(25)14-20)23(28)17-30-16-21-10-6-8-18(2)13-21/h6-11,13-14,19H,4-5,12,15-17H2,1-3H3,(H,26,29)/t19-/m1/s1. The molecule has 2 rings (SSSR count). The molecule has 2 aromatic carbocycles. The first kappa shape index (κ1) is 24.3. The molecule has 162 valence electrons. The Morgan fingerprint density at radius 2 is 1.87 bits per heavy atom. The lowest BCUT2D eigenvalue weighted by atomic mass is 10.1. The highest BCUT2D eigenvalue weighted by Gasteiger charge is 2.25. The average Bonchev–Trinajstić information content (AvgIpc) is 2.71. The van der Waals surface area contributed by atoms with Crippen LogP contribution in [0.25, 0.3) is 0 Å². The molecule has 6 heteroatoms. The van der Waals surface area contributed by atoms with Gasteiger partial charge in [0.2, 0.25) is 11.8 Å². The third kappa shape index (κ3) is 8.04. The van der Waals surface area contributed by atoms with Gasteiger partial charge in [-0.05, 0) is 43.5 Å². The monoisotopic (exact) mass is 446 g/mol. The minimum absolute atomic E-state index is 0.0502. The molecular formula is C24H31ClN2O2S. The number of carbonyl (C=O) groups excluding carboxylic acids is 2. The SMILES string of the molecule is CCCCNC(=O)[C@@H](C)N(Cc1cccc(Cl)c1)C(=O)CSCc1cccc(C)c1. The molecule has 0 heterocycles. The van der Waals surface area contributed by atoms with E-state index in [0.717, 1.165) is 24.2 Å². The van der Waals surface area contributed by atoms with Crippen LogP contribution >= 0.6 is 23.4 Å². The van der Waals surface area contributed by atoms with Crippen molar-refractivity contribution in [2.24, 2.45) is 0 Å². The molecule has 1 N–H and O–H groups in total. The fourth-order valence-electron chi connectivity index (χ4n) is 3.09. The second kappa shape index (κ2) is 12.7. The second-order valence-electron chi connectivity index (χ2n) is 7.45. The van der Waals surface area contributed by atoms with E-state index < -0.39 is 6.04 Å². The fraction of sp³-hybridized carbons (Fsp3) is 0.417. The lowest BCUT2D eigenvalue weighted by Crippen LogP contribution is -2.48. The zero-order valence-corrected chi connectivity index (χ0v) is 19.6. The largest absolute Gasteiger partial charge is 0.354 e. The normalized spacial score (nSPS) is 11.7. The van der Waals surface area contributed by atoms with Gasteiger partial charge in [0.05, 0.1) is 5.75 Å². The highest BCUT2D eigenvalue weighted by molar-refractivity contribution is 7.99. The summed E-state index contributed by atoms with van der Waals surface area (Å²) in [5, 5.41) is 3.56. The van der Waals surface area contributed by atoms with Gasteiger partial charge in [0, 0.05) is 23.9 Å². The van der Waals surface area contributed by atoms with Gasteiger partial charge in [-0.25, -0.2) is 0 Å². The maximum absolute atomic E-state index is 13.1. The average molecular weight is 447 g/mol. The molecule has 0 aliphatic rings. The van der Waals surface area contributed by atoms with Crippen molar-refractivity contribution in [3.8, 4) is 0 Å². The summed E-state index contributed by atoms with van der Waals surface area (Å²) >= 11 is 7.68. The molecule has 2 aromatic rings. The van der Waals surface area contributed by atoms with Gasteiger partial charge in [0.15, 0.2) is 0 Å². The Balaban J connectivity index is 2.04. The topological polar surface area (TPSA) is 49.4 Å². The van der Waals surface area contributed by atoms with E-state index in [1.165, 1.54) is 11.1 Å². The van der Waals surface area contributed by atoms with Crippen LogP contribution in [0.4, 0.5) is 0 Å². The molecular weight excluding hydrogens is 416 g/mol. The van der Waals surface area contributed by atoms with Crippen LogP contribution in [0.15, 0.2) is 48.5 Å². The van der Waals surface area contributed by atoms with Crippen molar-refractivity contribution in [2.75, 3.05) is 12.3 Å². The Labute approximate surface area is 189 Å². The zero-order chi connectivity index (χ0) is 21.9. The third-order valence-electron chi connectivity index (χ3n) is 4.82. The number of unbranched alkanes of at least 4 members (excludes halogenated alkanes) is 1. The predicted octanol–water partition coefficient (Wildman–Crippen LogP) is 5.22. The highest BCUT2D eigenvalue weighted by Crippen LogP contribution is 2.18. The number of rotatable bonds is 11. The van der Waals surface area contributed by atoms with Crippen molar-refractivity contribution in [1.82, 2.24) is 10.2 Å². The molecule has 0 bridgehead atoms. The van der Waals surface area contributed by atoms with Gasteiger partial charge in [0.25, 0.3) is 0 Å². The van der Waals surface area contributed by atoms with Gasteiger partial charge in [0.1, 0.15) is 6.04 Å². The number of nitrogens with zero attached hydrogens (tertiary/aromatic N) is 1. The van der Waals surface area contributed by atoms with E-state index in [9.17, 15) is 9.59 Å². The minimum atomic E-state index is -0.548. The minimum Gasteiger partial charge on any atom is -0.354 e. The zero-order valence-electron chi connectivity index (χ0n) is 18.0. The van der Waals surface area contributed by atoms with Gasteiger partial charge >= 0.3 is 0 Å². The van der Waals surface area contributed by atoms with Crippen molar-refractivity contribution < 1.29 is 9.59 Å². The summed E-state index contributed by atoms with van der Waals surface area (Å²) in [6, 6.07) is 15.2. The van der Waals surface area contributed by atoms with Gasteiger partial charge in [-0.1, -0.05) is 66.9 Å². The quantitative estimate of drug-likeness (QED) is 0.481. The van der Waals surface area contributed by atoms with Crippen LogP contribution in [0, 0.1) is 6.92 Å². The molecule has 0 unspecified atom stereocenters. The van der Waals surface area contributed by atoms with Crippen LogP contribution in [0.2, 0.25) is 5.02 Å². The maximum atomic E-state index is 13.1. The van der Waals surface area contributed by atoms with E-state index in [-0.39, 0.29) is 11.8 Å². The summed E-state index contributed by atoms with van der Waals surface area (Å²) < 4.78 is 0. The smallest absolute Gasteiger partial charge is 0.242 e. The number of halogens is 1. The predicted molar refractivity (Wildman–Crippen MR) is 127 cm³/mol. The number of aryl methyl sites for hydroxylation is 1. The molecule has 0 aromatic heterocycles. The molecule has 2 amide bonds. The van der Waals surface area contributed by atoms with E-state index in [2.05, 4.69) is 37.4 Å². The van der Waals surface area contributed by atoms with Gasteiger partial charge in [-0.2, -0.15) is 0 Å². The Bertz CT molecular complexity index is 843. The Kier molecular flexibility index (Phi) is 10.2. The fourth-order valence-corrected chi connectivity index (χ4v) is 4.16. The molecule has 0 saturated carbocycles. The third-order valence-corrected chi connectivity index (χ3v) is 6.04. The summed E-state index contributed by atoms with van der Waals surface area (Å²) in [7, 11) is 0. The van der Waals surface area contributed by atoms with E-state index in [1.807, 2.05) is 24.3 Å². The summed E-state index contributed by atoms with van der Waals surface area (Å²) in [6.07, 6.45) is 1.93. The number of carbonyl (C=O) groups is 2. The van der Waals surface area contributed by atoms with Gasteiger partial charge < -0.3 is 10.2 Å². The summed E-state index contributed by atoms with van der Waals surface area (Å²) in [5.74, 6) is 0.907. The van der Waals surface area contributed by atoms with E-state index >= 15 is 0 Å². The van der Waals surface area contributed by atoms with E-state index in [4.69, 9.17) is 11.6 Å². The molecule has 1 atom stereocenters. The number of thioether (sulfide) groups is 1. The number of hydrogen-bond acceptors (Lipinski definition) is 3. The molecule has 0 radical (unpaired) electrons. The van der Waals surface area contributed by atoms with Crippen molar-refractivity contribution >= 4 is 35.2 Å². The first-order valence-corrected chi connectivity index (χ1v) is 11.9. The molecule has 0 saturated heterocycles. The molecule has 0 aliphatic carbocycles. The van der Waals surface area contributed by atoms with Crippen molar-refractivity contribution in [1.29, 1.82) is 0 Å². The highest BCUT2D eigenvalue weighted by atomic mass is 35.5. The second-order valence-corrected chi connectivity index (χ2v) is 8.88. The molecule has 0 fully saturated rings. The Morgan fingerprint density at radius 3 is 2.57 bits per heavy atom. The number of hydrogen-bond donors (Lipinski definition) is 1. The van der Waals surface area contributed by atoms with Crippen molar-refractivity contribution in [3.05, 3.63) is 70.2 Å². The van der Waals surface area contributed by atoms with E-state index in [1.54, 1.807) is 29.7 Å². The lowest BCUT2D eigenvalue weighted by molar-refractivity contribution is -0.138. The summed E-state index contributed by atoms with van der Waals surface area (Å²) in [4.78, 5) is 27.3. The Morgan fingerprint density at radius 1 is 1.13 bits per heavy atom. The molecule has 4 nitrogen and oxygen atoms in total. The Hall–Kier alpha value is -1.98. The number of benzene rings is 2. The summed E-state index contributed by atoms with van der Waals surface area (Å²) in [6.45, 7) is 6.91. The molecule has 0 spiro atoms. The first-order chi connectivity index (χ1) is 14.4. The van der Waals surface area contributed by atoms with Crippen LogP contribution in [-0.4, -0.2) is 35.1 Å². The molecule has 0 aliphatic heterocycles. The van der Waals surface area contributed by atoms with E-state index in [0.29, 0.717) is 23.9 Å². The molecule has 30 heavy (non-hydrogen) atoms. The number of nitrogens with one attached hydrogen (secondary N) is 1. The van der Waals surface area contributed by atoms with Gasteiger partial charge in [-0.3, -0.25) is 9.59 Å². The first-order valence-electron chi connectivity index (χ1n) is 10.4. The maximum Gasteiger partial charge on any atom is 0.242 e. The van der Waals surface area contributed by atoms with Crippen LogP contribution in [-0.2, 0) is 21.9 Å². The summed E-state index contributed by atoms with van der Waals surface area (Å²) in [5.41, 5.74) is 3.31. The van der Waals surface area contributed by atoms with Crippen LogP contribution in [0.3, 0.4) is 0 Å².